The first-order chi connectivity index (χ1) is 8.23. The first kappa shape index (κ1) is 14.9. The molecular weight excluding hydrogens is 222 g/mol. The third-order valence-corrected chi connectivity index (χ3v) is 3.05. The van der Waals surface area contributed by atoms with Crippen molar-refractivity contribution in [3.63, 3.8) is 0 Å². The van der Waals surface area contributed by atoms with Crippen LogP contribution in [-0.2, 0) is 14.2 Å². The van der Waals surface area contributed by atoms with E-state index in [-0.39, 0.29) is 6.54 Å². The summed E-state index contributed by atoms with van der Waals surface area (Å²) in [4.78, 5) is 0. The van der Waals surface area contributed by atoms with Crippen LogP contribution >= 0.6 is 0 Å². The lowest BCUT2D eigenvalue weighted by Crippen LogP contribution is -2.44. The molecule has 1 rings (SSSR count). The highest BCUT2D eigenvalue weighted by molar-refractivity contribution is 4.95. The predicted octanol–water partition coefficient (Wildman–Crippen LogP) is 0.156. The van der Waals surface area contributed by atoms with E-state index in [1.807, 2.05) is 0 Å². The average Bonchev–Trinajstić information content (AvgIpc) is 3.16. The van der Waals surface area contributed by atoms with Crippen LogP contribution in [0.1, 0.15) is 19.3 Å². The minimum atomic E-state index is -0.809. The quantitative estimate of drug-likeness (QED) is 0.509. The molecule has 0 radical (unpaired) electrons. The second-order valence-corrected chi connectivity index (χ2v) is 4.59. The fraction of sp³-hybridized carbons (Fsp3) is 1.00. The van der Waals surface area contributed by atoms with Gasteiger partial charge in [-0.2, -0.15) is 0 Å². The van der Waals surface area contributed by atoms with Gasteiger partial charge in [0.05, 0.1) is 19.8 Å². The zero-order chi connectivity index (χ0) is 12.6. The molecule has 0 aromatic carbocycles. The van der Waals surface area contributed by atoms with E-state index in [9.17, 15) is 5.11 Å². The van der Waals surface area contributed by atoms with Gasteiger partial charge in [0.25, 0.3) is 0 Å². The van der Waals surface area contributed by atoms with Crippen LogP contribution < -0.4 is 5.73 Å². The average molecular weight is 247 g/mol. The Balaban J connectivity index is 1.92. The molecule has 1 fully saturated rings. The Morgan fingerprint density at radius 2 is 1.88 bits per heavy atom. The highest BCUT2D eigenvalue weighted by Crippen LogP contribution is 2.39. The van der Waals surface area contributed by atoms with Crippen LogP contribution in [0.5, 0.6) is 0 Å². The molecule has 1 aliphatic rings. The molecule has 0 amide bonds. The number of ether oxygens (including phenoxy) is 3. The zero-order valence-corrected chi connectivity index (χ0v) is 10.7. The van der Waals surface area contributed by atoms with Crippen LogP contribution in [-0.4, -0.2) is 57.4 Å². The SMILES string of the molecule is COCCOCCCOCC(O)(CN)C1CC1. The van der Waals surface area contributed by atoms with Crippen molar-refractivity contribution in [1.82, 2.24) is 0 Å². The van der Waals surface area contributed by atoms with Gasteiger partial charge in [-0.1, -0.05) is 0 Å². The Labute approximate surface area is 103 Å². The summed E-state index contributed by atoms with van der Waals surface area (Å²) in [6, 6.07) is 0. The summed E-state index contributed by atoms with van der Waals surface area (Å²) in [5.41, 5.74) is 4.77. The van der Waals surface area contributed by atoms with E-state index in [2.05, 4.69) is 0 Å². The third kappa shape index (κ3) is 5.79. The second kappa shape index (κ2) is 8.00. The van der Waals surface area contributed by atoms with Gasteiger partial charge in [-0.05, 0) is 25.2 Å². The first-order valence-electron chi connectivity index (χ1n) is 6.30. The van der Waals surface area contributed by atoms with Crippen molar-refractivity contribution in [2.45, 2.75) is 24.9 Å². The molecule has 0 aromatic heterocycles. The molecular formula is C12H25NO4. The van der Waals surface area contributed by atoms with E-state index in [1.54, 1.807) is 7.11 Å². The number of rotatable bonds is 11. The fourth-order valence-corrected chi connectivity index (χ4v) is 1.72. The number of hydrogen-bond donors (Lipinski definition) is 2. The van der Waals surface area contributed by atoms with Crippen LogP contribution in [0.3, 0.4) is 0 Å². The Kier molecular flexibility index (Phi) is 6.99. The van der Waals surface area contributed by atoms with Crippen molar-refractivity contribution < 1.29 is 19.3 Å². The molecule has 5 nitrogen and oxygen atoms in total. The van der Waals surface area contributed by atoms with E-state index < -0.39 is 5.60 Å². The van der Waals surface area contributed by atoms with Gasteiger partial charge in [-0.25, -0.2) is 0 Å². The molecule has 0 heterocycles. The molecule has 1 saturated carbocycles. The van der Waals surface area contributed by atoms with Gasteiger partial charge in [0, 0.05) is 26.9 Å². The summed E-state index contributed by atoms with van der Waals surface area (Å²) in [5, 5.41) is 10.1. The van der Waals surface area contributed by atoms with Crippen LogP contribution in [0.4, 0.5) is 0 Å². The van der Waals surface area contributed by atoms with Crippen molar-refractivity contribution >= 4 is 0 Å². The molecule has 1 atom stereocenters. The number of hydrogen-bond acceptors (Lipinski definition) is 5. The van der Waals surface area contributed by atoms with Crippen molar-refractivity contribution in [3.05, 3.63) is 0 Å². The van der Waals surface area contributed by atoms with Gasteiger partial charge < -0.3 is 25.1 Å². The monoisotopic (exact) mass is 247 g/mol. The summed E-state index contributed by atoms with van der Waals surface area (Å²) in [6.45, 7) is 3.12. The number of nitrogens with two attached hydrogens (primary N) is 1. The van der Waals surface area contributed by atoms with Crippen LogP contribution in [0.2, 0.25) is 0 Å². The lowest BCUT2D eigenvalue weighted by Gasteiger charge is -2.26. The summed E-state index contributed by atoms with van der Waals surface area (Å²) in [6.07, 6.45) is 2.96. The van der Waals surface area contributed by atoms with Crippen LogP contribution in [0.25, 0.3) is 0 Å². The van der Waals surface area contributed by atoms with Gasteiger partial charge in [0.15, 0.2) is 0 Å². The lowest BCUT2D eigenvalue weighted by atomic mass is 9.99. The van der Waals surface area contributed by atoms with Gasteiger partial charge >= 0.3 is 0 Å². The van der Waals surface area contributed by atoms with E-state index >= 15 is 0 Å². The Hall–Kier alpha value is -0.200. The minimum Gasteiger partial charge on any atom is -0.386 e. The molecule has 0 aromatic rings. The number of aliphatic hydroxyl groups is 1. The fourth-order valence-electron chi connectivity index (χ4n) is 1.72. The topological polar surface area (TPSA) is 73.9 Å². The van der Waals surface area contributed by atoms with Gasteiger partial charge in [0.2, 0.25) is 0 Å². The van der Waals surface area contributed by atoms with Crippen LogP contribution in [0.15, 0.2) is 0 Å². The van der Waals surface area contributed by atoms with Crippen molar-refractivity contribution in [3.8, 4) is 0 Å². The molecule has 17 heavy (non-hydrogen) atoms. The lowest BCUT2D eigenvalue weighted by molar-refractivity contribution is -0.0584. The summed E-state index contributed by atoms with van der Waals surface area (Å²) >= 11 is 0. The largest absolute Gasteiger partial charge is 0.386 e. The Morgan fingerprint density at radius 1 is 1.18 bits per heavy atom. The van der Waals surface area contributed by atoms with Crippen molar-refractivity contribution in [1.29, 1.82) is 0 Å². The van der Waals surface area contributed by atoms with Crippen LogP contribution in [0, 0.1) is 5.92 Å². The van der Waals surface area contributed by atoms with E-state index in [0.717, 1.165) is 19.3 Å². The molecule has 1 aliphatic carbocycles. The zero-order valence-electron chi connectivity index (χ0n) is 10.7. The molecule has 5 heteroatoms. The highest BCUT2D eigenvalue weighted by Gasteiger charge is 2.42. The molecule has 0 spiro atoms. The van der Waals surface area contributed by atoms with E-state index in [0.29, 0.717) is 39.0 Å². The summed E-state index contributed by atoms with van der Waals surface area (Å²) in [7, 11) is 1.65. The van der Waals surface area contributed by atoms with Gasteiger partial charge in [0.1, 0.15) is 5.60 Å². The van der Waals surface area contributed by atoms with E-state index in [4.69, 9.17) is 19.9 Å². The van der Waals surface area contributed by atoms with Crippen molar-refractivity contribution in [2.75, 3.05) is 46.7 Å². The molecule has 0 saturated heterocycles. The smallest absolute Gasteiger partial charge is 0.103 e. The Bertz CT molecular complexity index is 199. The molecule has 0 aliphatic heterocycles. The summed E-state index contributed by atoms with van der Waals surface area (Å²) < 4.78 is 15.6. The highest BCUT2D eigenvalue weighted by atomic mass is 16.5. The minimum absolute atomic E-state index is 0.280. The molecule has 3 N–H and O–H groups in total. The second-order valence-electron chi connectivity index (χ2n) is 4.59. The predicted molar refractivity (Wildman–Crippen MR) is 64.9 cm³/mol. The van der Waals surface area contributed by atoms with E-state index in [1.165, 1.54) is 0 Å². The summed E-state index contributed by atoms with van der Waals surface area (Å²) in [5.74, 6) is 0.338. The van der Waals surface area contributed by atoms with Gasteiger partial charge in [-0.3, -0.25) is 0 Å². The third-order valence-electron chi connectivity index (χ3n) is 3.05. The maximum absolute atomic E-state index is 10.1. The molecule has 0 bridgehead atoms. The normalized spacial score (nSPS) is 19.2. The standard InChI is InChI=1S/C12H25NO4/c1-15-7-8-16-5-2-6-17-10-12(14,9-13)11-3-4-11/h11,14H,2-10,13H2,1H3. The maximum atomic E-state index is 10.1. The maximum Gasteiger partial charge on any atom is 0.103 e. The first-order valence-corrected chi connectivity index (χ1v) is 6.30. The van der Waals surface area contributed by atoms with Crippen molar-refractivity contribution in [2.24, 2.45) is 11.7 Å². The molecule has 1 unspecified atom stereocenters. The molecule has 102 valence electrons. The number of methoxy groups -OCH3 is 1. The Morgan fingerprint density at radius 3 is 2.47 bits per heavy atom. The van der Waals surface area contributed by atoms with Gasteiger partial charge in [-0.15, -0.1) is 0 Å².